The van der Waals surface area contributed by atoms with E-state index in [1.54, 1.807) is 22.6 Å². The standard InChI is InChI=1S/C10H12INO/c1-10(2,12-9(11)13)8-6-4-3-5-7-8/h3-7H,1-2H3,(H,12,13). The molecule has 1 aromatic rings. The van der Waals surface area contributed by atoms with Crippen LogP contribution in [0.15, 0.2) is 30.3 Å². The molecule has 0 unspecified atom stereocenters. The molecule has 0 saturated heterocycles. The Bertz CT molecular complexity index is 295. The Morgan fingerprint density at radius 1 is 1.31 bits per heavy atom. The number of carbonyl (C=O) groups is 1. The first-order valence-electron chi connectivity index (χ1n) is 4.05. The summed E-state index contributed by atoms with van der Waals surface area (Å²) in [5, 5.41) is 2.88. The normalized spacial score (nSPS) is 11.0. The molecule has 0 radical (unpaired) electrons. The zero-order chi connectivity index (χ0) is 9.90. The fourth-order valence-corrected chi connectivity index (χ4v) is 1.85. The van der Waals surface area contributed by atoms with Crippen molar-refractivity contribution in [3.05, 3.63) is 35.9 Å². The average Bonchev–Trinajstić information content (AvgIpc) is 2.04. The minimum atomic E-state index is -0.292. The molecule has 3 heteroatoms. The van der Waals surface area contributed by atoms with Gasteiger partial charge in [0.25, 0.3) is 3.91 Å². The van der Waals surface area contributed by atoms with Gasteiger partial charge in [-0.25, -0.2) is 0 Å². The molecule has 0 spiro atoms. The van der Waals surface area contributed by atoms with Crippen LogP contribution in [0.5, 0.6) is 0 Å². The van der Waals surface area contributed by atoms with Crippen LogP contribution in [0.3, 0.4) is 0 Å². The molecule has 1 rings (SSSR count). The van der Waals surface area contributed by atoms with E-state index in [-0.39, 0.29) is 9.45 Å². The van der Waals surface area contributed by atoms with Crippen molar-refractivity contribution in [3.63, 3.8) is 0 Å². The smallest absolute Gasteiger partial charge is 0.281 e. The minimum Gasteiger partial charge on any atom is -0.339 e. The van der Waals surface area contributed by atoms with E-state index in [1.807, 2.05) is 44.2 Å². The van der Waals surface area contributed by atoms with Gasteiger partial charge < -0.3 is 5.32 Å². The summed E-state index contributed by atoms with van der Waals surface area (Å²) in [6.45, 7) is 3.97. The monoisotopic (exact) mass is 289 g/mol. The average molecular weight is 289 g/mol. The minimum absolute atomic E-state index is 0.0357. The molecule has 0 aliphatic heterocycles. The van der Waals surface area contributed by atoms with Crippen LogP contribution in [0.4, 0.5) is 4.79 Å². The van der Waals surface area contributed by atoms with Gasteiger partial charge in [0.1, 0.15) is 0 Å². The zero-order valence-electron chi connectivity index (χ0n) is 7.67. The van der Waals surface area contributed by atoms with E-state index in [9.17, 15) is 4.79 Å². The van der Waals surface area contributed by atoms with Crippen LogP contribution in [0.25, 0.3) is 0 Å². The Labute approximate surface area is 91.9 Å². The fourth-order valence-electron chi connectivity index (χ4n) is 1.17. The lowest BCUT2D eigenvalue weighted by atomic mass is 9.95. The molecule has 0 aliphatic carbocycles. The molecule has 0 aromatic heterocycles. The second-order valence-corrected chi connectivity index (χ2v) is 4.37. The Hall–Kier alpha value is -0.580. The highest BCUT2D eigenvalue weighted by Gasteiger charge is 2.20. The van der Waals surface area contributed by atoms with E-state index in [0.717, 1.165) is 5.56 Å². The Balaban J connectivity index is 2.87. The van der Waals surface area contributed by atoms with Gasteiger partial charge in [0.05, 0.1) is 5.54 Å². The number of hydrogen-bond acceptors (Lipinski definition) is 1. The second-order valence-electron chi connectivity index (χ2n) is 3.39. The number of carbonyl (C=O) groups excluding carboxylic acids is 1. The lowest BCUT2D eigenvalue weighted by molar-refractivity contribution is 0.253. The maximum atomic E-state index is 10.9. The summed E-state index contributed by atoms with van der Waals surface area (Å²) in [7, 11) is 0. The maximum absolute atomic E-state index is 10.9. The largest absolute Gasteiger partial charge is 0.339 e. The predicted molar refractivity (Wildman–Crippen MR) is 62.0 cm³/mol. The number of nitrogens with one attached hydrogen (secondary N) is 1. The summed E-state index contributed by atoms with van der Waals surface area (Å²) >= 11 is 1.74. The lowest BCUT2D eigenvalue weighted by Gasteiger charge is -2.25. The van der Waals surface area contributed by atoms with Gasteiger partial charge in [-0.1, -0.05) is 30.3 Å². The van der Waals surface area contributed by atoms with E-state index in [2.05, 4.69) is 5.32 Å². The zero-order valence-corrected chi connectivity index (χ0v) is 9.83. The van der Waals surface area contributed by atoms with Crippen molar-refractivity contribution in [1.29, 1.82) is 0 Å². The number of benzene rings is 1. The molecule has 2 nitrogen and oxygen atoms in total. The molecular weight excluding hydrogens is 277 g/mol. The van der Waals surface area contributed by atoms with Gasteiger partial charge in [0, 0.05) is 22.6 Å². The molecular formula is C10H12INO. The molecule has 0 fully saturated rings. The molecule has 13 heavy (non-hydrogen) atoms. The third-order valence-electron chi connectivity index (χ3n) is 1.91. The molecule has 1 amide bonds. The predicted octanol–water partition coefficient (Wildman–Crippen LogP) is 3.07. The lowest BCUT2D eigenvalue weighted by Crippen LogP contribution is -2.37. The van der Waals surface area contributed by atoms with Crippen LogP contribution in [-0.4, -0.2) is 3.91 Å². The fraction of sp³-hybridized carbons (Fsp3) is 0.300. The highest BCUT2D eigenvalue weighted by Crippen LogP contribution is 2.19. The molecule has 70 valence electrons. The number of amides is 1. The first-order chi connectivity index (χ1) is 6.02. The highest BCUT2D eigenvalue weighted by molar-refractivity contribution is 14.1. The quantitative estimate of drug-likeness (QED) is 0.506. The van der Waals surface area contributed by atoms with Crippen LogP contribution in [0, 0.1) is 0 Å². The van der Waals surface area contributed by atoms with E-state index >= 15 is 0 Å². The summed E-state index contributed by atoms with van der Waals surface area (Å²) in [4.78, 5) is 10.9. The van der Waals surface area contributed by atoms with Crippen LogP contribution >= 0.6 is 22.6 Å². The van der Waals surface area contributed by atoms with E-state index in [1.165, 1.54) is 0 Å². The first kappa shape index (κ1) is 10.5. The van der Waals surface area contributed by atoms with Gasteiger partial charge >= 0.3 is 0 Å². The van der Waals surface area contributed by atoms with Crippen LogP contribution in [0.2, 0.25) is 0 Å². The van der Waals surface area contributed by atoms with Crippen molar-refractivity contribution in [2.75, 3.05) is 0 Å². The van der Waals surface area contributed by atoms with Crippen LogP contribution in [-0.2, 0) is 5.54 Å². The molecule has 0 heterocycles. The molecule has 0 atom stereocenters. The van der Waals surface area contributed by atoms with Gasteiger partial charge in [-0.15, -0.1) is 0 Å². The van der Waals surface area contributed by atoms with Gasteiger partial charge in [-0.3, -0.25) is 4.79 Å². The second kappa shape index (κ2) is 4.09. The van der Waals surface area contributed by atoms with Crippen molar-refractivity contribution in [2.45, 2.75) is 19.4 Å². The molecule has 0 bridgehead atoms. The van der Waals surface area contributed by atoms with Gasteiger partial charge in [-0.05, 0) is 19.4 Å². The maximum Gasteiger partial charge on any atom is 0.281 e. The van der Waals surface area contributed by atoms with Gasteiger partial charge in [0.2, 0.25) is 0 Å². The Kier molecular flexibility index (Phi) is 3.30. The van der Waals surface area contributed by atoms with Crippen molar-refractivity contribution in [2.24, 2.45) is 0 Å². The molecule has 0 saturated carbocycles. The summed E-state index contributed by atoms with van der Waals surface area (Å²) in [5.74, 6) is 0. The number of rotatable bonds is 2. The summed E-state index contributed by atoms with van der Waals surface area (Å²) in [6.07, 6.45) is 0. The SMILES string of the molecule is CC(C)(NC(=O)I)c1ccccc1. The molecule has 0 aliphatic rings. The third-order valence-corrected chi connectivity index (χ3v) is 2.18. The van der Waals surface area contributed by atoms with Crippen LogP contribution in [0.1, 0.15) is 19.4 Å². The van der Waals surface area contributed by atoms with Crippen molar-refractivity contribution < 1.29 is 4.79 Å². The van der Waals surface area contributed by atoms with Crippen molar-refractivity contribution in [1.82, 2.24) is 5.32 Å². The Morgan fingerprint density at radius 3 is 2.31 bits per heavy atom. The van der Waals surface area contributed by atoms with Crippen LogP contribution < -0.4 is 5.32 Å². The van der Waals surface area contributed by atoms with E-state index in [0.29, 0.717) is 0 Å². The van der Waals surface area contributed by atoms with Crippen molar-refractivity contribution in [3.8, 4) is 0 Å². The summed E-state index contributed by atoms with van der Waals surface area (Å²) < 4.78 is -0.0357. The van der Waals surface area contributed by atoms with E-state index < -0.39 is 0 Å². The number of hydrogen-bond donors (Lipinski definition) is 1. The molecule has 1 N–H and O–H groups in total. The summed E-state index contributed by atoms with van der Waals surface area (Å²) in [6, 6.07) is 9.91. The van der Waals surface area contributed by atoms with Gasteiger partial charge in [0.15, 0.2) is 0 Å². The topological polar surface area (TPSA) is 29.1 Å². The first-order valence-corrected chi connectivity index (χ1v) is 5.13. The van der Waals surface area contributed by atoms with Crippen molar-refractivity contribution >= 4 is 26.5 Å². The molecule has 1 aromatic carbocycles. The van der Waals surface area contributed by atoms with E-state index in [4.69, 9.17) is 0 Å². The third kappa shape index (κ3) is 2.99. The highest BCUT2D eigenvalue weighted by atomic mass is 127. The number of halogens is 1. The Morgan fingerprint density at radius 2 is 1.85 bits per heavy atom. The summed E-state index contributed by atoms with van der Waals surface area (Å²) in [5.41, 5.74) is 0.819. The van der Waals surface area contributed by atoms with Gasteiger partial charge in [-0.2, -0.15) is 0 Å².